The molecule has 1 fully saturated rings. The van der Waals surface area contributed by atoms with Crippen molar-refractivity contribution in [1.82, 2.24) is 9.97 Å². The maximum absolute atomic E-state index is 9.96. The minimum absolute atomic E-state index is 0.649. The van der Waals surface area contributed by atoms with Crippen LogP contribution in [-0.4, -0.2) is 15.1 Å². The number of H-pyrrole nitrogens is 1. The molecule has 1 aromatic rings. The van der Waals surface area contributed by atoms with Crippen molar-refractivity contribution in [2.75, 3.05) is 0 Å². The van der Waals surface area contributed by atoms with Gasteiger partial charge in [-0.2, -0.15) is 0 Å². The van der Waals surface area contributed by atoms with E-state index in [0.29, 0.717) is 0 Å². The van der Waals surface area contributed by atoms with Crippen LogP contribution in [0.1, 0.15) is 31.5 Å². The molecule has 1 heterocycles. The third-order valence-corrected chi connectivity index (χ3v) is 2.37. The maximum atomic E-state index is 9.96. The number of hydrogen-bond donors (Lipinski definition) is 2. The largest absolute Gasteiger partial charge is 0.382 e. The monoisotopic (exact) mass is 152 g/mol. The summed E-state index contributed by atoms with van der Waals surface area (Å²) in [6.07, 6.45) is 7.35. The molecule has 3 nitrogen and oxygen atoms in total. The van der Waals surface area contributed by atoms with Crippen LogP contribution in [0.3, 0.4) is 0 Å². The van der Waals surface area contributed by atoms with E-state index in [4.69, 9.17) is 0 Å². The number of aliphatic hydroxyl groups is 1. The normalized spacial score (nSPS) is 22.3. The number of nitrogens with one attached hydrogen (secondary N) is 1. The van der Waals surface area contributed by atoms with Gasteiger partial charge in [0, 0.05) is 12.4 Å². The molecule has 2 rings (SSSR count). The molecule has 0 spiro atoms. The van der Waals surface area contributed by atoms with E-state index >= 15 is 0 Å². The van der Waals surface area contributed by atoms with E-state index in [0.717, 1.165) is 31.5 Å². The highest BCUT2D eigenvalue weighted by Crippen LogP contribution is 2.36. The highest BCUT2D eigenvalue weighted by atomic mass is 16.3. The van der Waals surface area contributed by atoms with E-state index in [1.807, 2.05) is 0 Å². The molecule has 1 saturated carbocycles. The van der Waals surface area contributed by atoms with Crippen LogP contribution in [0, 0.1) is 0 Å². The Morgan fingerprint density at radius 3 is 2.73 bits per heavy atom. The van der Waals surface area contributed by atoms with Gasteiger partial charge in [0.2, 0.25) is 0 Å². The number of rotatable bonds is 1. The van der Waals surface area contributed by atoms with Gasteiger partial charge in [-0.25, -0.2) is 4.98 Å². The van der Waals surface area contributed by atoms with Crippen molar-refractivity contribution < 1.29 is 5.11 Å². The predicted octanol–water partition coefficient (Wildman–Crippen LogP) is 1.17. The molecule has 0 unspecified atom stereocenters. The van der Waals surface area contributed by atoms with Crippen molar-refractivity contribution in [2.24, 2.45) is 0 Å². The second kappa shape index (κ2) is 2.34. The first kappa shape index (κ1) is 6.85. The van der Waals surface area contributed by atoms with Gasteiger partial charge in [0.25, 0.3) is 0 Å². The van der Waals surface area contributed by atoms with Gasteiger partial charge < -0.3 is 10.1 Å². The van der Waals surface area contributed by atoms with E-state index in [1.54, 1.807) is 12.4 Å². The fourth-order valence-corrected chi connectivity index (χ4v) is 1.72. The summed E-state index contributed by atoms with van der Waals surface area (Å²) in [5.41, 5.74) is -0.649. The topological polar surface area (TPSA) is 48.9 Å². The Balaban J connectivity index is 2.27. The smallest absolute Gasteiger partial charge is 0.138 e. The lowest BCUT2D eigenvalue weighted by Gasteiger charge is -2.18. The molecule has 0 atom stereocenters. The number of aromatic nitrogens is 2. The van der Waals surface area contributed by atoms with Crippen LogP contribution in [0.25, 0.3) is 0 Å². The Kier molecular flexibility index (Phi) is 1.46. The molecule has 1 aromatic heterocycles. The van der Waals surface area contributed by atoms with Gasteiger partial charge in [0.15, 0.2) is 0 Å². The summed E-state index contributed by atoms with van der Waals surface area (Å²) in [5.74, 6) is 0.731. The maximum Gasteiger partial charge on any atom is 0.138 e. The Morgan fingerprint density at radius 2 is 2.18 bits per heavy atom. The van der Waals surface area contributed by atoms with E-state index in [9.17, 15) is 5.11 Å². The van der Waals surface area contributed by atoms with Crippen molar-refractivity contribution in [2.45, 2.75) is 31.3 Å². The lowest BCUT2D eigenvalue weighted by Crippen LogP contribution is -2.22. The summed E-state index contributed by atoms with van der Waals surface area (Å²) in [6, 6.07) is 0. The van der Waals surface area contributed by atoms with Gasteiger partial charge in [-0.05, 0) is 25.7 Å². The standard InChI is InChI=1S/C8H12N2O/c11-8(3-1-2-4-8)7-9-5-6-10-7/h5-6,11H,1-4H2,(H,9,10). The third-order valence-electron chi connectivity index (χ3n) is 2.37. The molecule has 1 aliphatic rings. The van der Waals surface area contributed by atoms with Crippen molar-refractivity contribution in [3.05, 3.63) is 18.2 Å². The second-order valence-electron chi connectivity index (χ2n) is 3.18. The van der Waals surface area contributed by atoms with Crippen LogP contribution in [0.15, 0.2) is 12.4 Å². The zero-order chi connectivity index (χ0) is 7.73. The van der Waals surface area contributed by atoms with Crippen LogP contribution in [0.4, 0.5) is 0 Å². The summed E-state index contributed by atoms with van der Waals surface area (Å²) in [5, 5.41) is 9.96. The number of aromatic amines is 1. The lowest BCUT2D eigenvalue weighted by atomic mass is 10.0. The molecule has 0 radical (unpaired) electrons. The number of imidazole rings is 1. The Morgan fingerprint density at radius 1 is 1.45 bits per heavy atom. The summed E-state index contributed by atoms with van der Waals surface area (Å²) in [7, 11) is 0. The van der Waals surface area contributed by atoms with Crippen LogP contribution in [0.5, 0.6) is 0 Å². The Labute approximate surface area is 65.5 Å². The van der Waals surface area contributed by atoms with Gasteiger partial charge >= 0.3 is 0 Å². The van der Waals surface area contributed by atoms with E-state index < -0.39 is 5.60 Å². The average molecular weight is 152 g/mol. The van der Waals surface area contributed by atoms with Crippen LogP contribution in [-0.2, 0) is 5.60 Å². The SMILES string of the molecule is OC1(c2ncc[nH]2)CCCC1. The molecule has 1 aliphatic carbocycles. The minimum Gasteiger partial charge on any atom is -0.382 e. The molecule has 0 bridgehead atoms. The first-order valence-corrected chi connectivity index (χ1v) is 4.03. The fourth-order valence-electron chi connectivity index (χ4n) is 1.72. The Hall–Kier alpha value is -0.830. The zero-order valence-corrected chi connectivity index (χ0v) is 6.38. The van der Waals surface area contributed by atoms with Gasteiger partial charge in [-0.15, -0.1) is 0 Å². The molecule has 0 saturated heterocycles. The molecule has 0 aliphatic heterocycles. The molecule has 0 amide bonds. The number of nitrogens with zero attached hydrogens (tertiary/aromatic N) is 1. The van der Waals surface area contributed by atoms with Gasteiger partial charge in [0.1, 0.15) is 11.4 Å². The second-order valence-corrected chi connectivity index (χ2v) is 3.18. The Bertz CT molecular complexity index is 224. The lowest BCUT2D eigenvalue weighted by molar-refractivity contribution is 0.0359. The van der Waals surface area contributed by atoms with Gasteiger partial charge in [-0.1, -0.05) is 0 Å². The highest BCUT2D eigenvalue weighted by Gasteiger charge is 2.34. The molecule has 2 N–H and O–H groups in total. The molecular formula is C8H12N2O. The van der Waals surface area contributed by atoms with Crippen molar-refractivity contribution in [3.8, 4) is 0 Å². The van der Waals surface area contributed by atoms with Crippen molar-refractivity contribution >= 4 is 0 Å². The van der Waals surface area contributed by atoms with Crippen molar-refractivity contribution in [3.63, 3.8) is 0 Å². The summed E-state index contributed by atoms with van der Waals surface area (Å²) in [4.78, 5) is 7.02. The molecule has 0 aromatic carbocycles. The third kappa shape index (κ3) is 1.05. The quantitative estimate of drug-likeness (QED) is 0.634. The average Bonchev–Trinajstić information content (AvgIpc) is 2.55. The first-order chi connectivity index (χ1) is 5.31. The van der Waals surface area contributed by atoms with Gasteiger partial charge in [-0.3, -0.25) is 0 Å². The van der Waals surface area contributed by atoms with Crippen LogP contribution < -0.4 is 0 Å². The summed E-state index contributed by atoms with van der Waals surface area (Å²) in [6.45, 7) is 0. The molecule has 3 heteroatoms. The number of hydrogen-bond acceptors (Lipinski definition) is 2. The van der Waals surface area contributed by atoms with Crippen molar-refractivity contribution in [1.29, 1.82) is 0 Å². The summed E-state index contributed by atoms with van der Waals surface area (Å²) >= 11 is 0. The van der Waals surface area contributed by atoms with E-state index in [-0.39, 0.29) is 0 Å². The van der Waals surface area contributed by atoms with Crippen LogP contribution in [0.2, 0.25) is 0 Å². The predicted molar refractivity (Wildman–Crippen MR) is 41.0 cm³/mol. The minimum atomic E-state index is -0.649. The molecule has 60 valence electrons. The van der Waals surface area contributed by atoms with Gasteiger partial charge in [0.05, 0.1) is 0 Å². The molecule has 11 heavy (non-hydrogen) atoms. The zero-order valence-electron chi connectivity index (χ0n) is 6.38. The van der Waals surface area contributed by atoms with Crippen LogP contribution >= 0.6 is 0 Å². The summed E-state index contributed by atoms with van der Waals surface area (Å²) < 4.78 is 0. The van der Waals surface area contributed by atoms with E-state index in [1.165, 1.54) is 0 Å². The highest BCUT2D eigenvalue weighted by molar-refractivity contribution is 5.04. The van der Waals surface area contributed by atoms with E-state index in [2.05, 4.69) is 9.97 Å². The first-order valence-electron chi connectivity index (χ1n) is 4.03. The molecular weight excluding hydrogens is 140 g/mol. The fraction of sp³-hybridized carbons (Fsp3) is 0.625.